The average Bonchev–Trinajstić information content (AvgIpc) is 2.99. The zero-order valence-corrected chi connectivity index (χ0v) is 14.0. The highest BCUT2D eigenvalue weighted by Gasteiger charge is 2.27. The quantitative estimate of drug-likeness (QED) is 0.939. The minimum absolute atomic E-state index is 0.0785. The maximum absolute atomic E-state index is 12.4. The van der Waals surface area contributed by atoms with Gasteiger partial charge in [0.2, 0.25) is 5.91 Å². The number of aromatic nitrogens is 1. The molecule has 1 amide bonds. The summed E-state index contributed by atoms with van der Waals surface area (Å²) in [5, 5.41) is 4.16. The molecule has 118 valence electrons. The molecule has 5 heteroatoms. The van der Waals surface area contributed by atoms with Crippen LogP contribution in [-0.2, 0) is 4.79 Å². The first-order chi connectivity index (χ1) is 10.7. The number of rotatable bonds is 4. The van der Waals surface area contributed by atoms with Crippen LogP contribution < -0.4 is 10.2 Å². The standard InChI is InChI=1S/C17H23N3OS/c1-3-12(2)18-16(21)13-7-6-10-20(11-13)17-19-14-8-4-5-9-15(14)22-17/h4-5,8-9,12-13H,3,6-7,10-11H2,1-2H3,(H,18,21)/t12-,13+/m0/s1. The number of piperidine rings is 1. The summed E-state index contributed by atoms with van der Waals surface area (Å²) in [6.07, 6.45) is 3.00. The summed E-state index contributed by atoms with van der Waals surface area (Å²) in [5.41, 5.74) is 1.05. The van der Waals surface area contributed by atoms with E-state index in [-0.39, 0.29) is 17.9 Å². The molecular formula is C17H23N3OS. The van der Waals surface area contributed by atoms with E-state index in [1.807, 2.05) is 18.2 Å². The van der Waals surface area contributed by atoms with Gasteiger partial charge in [0.05, 0.1) is 16.1 Å². The van der Waals surface area contributed by atoms with Crippen molar-refractivity contribution in [2.75, 3.05) is 18.0 Å². The highest BCUT2D eigenvalue weighted by molar-refractivity contribution is 7.22. The fourth-order valence-corrected chi connectivity index (χ4v) is 3.82. The largest absolute Gasteiger partial charge is 0.353 e. The number of hydrogen-bond donors (Lipinski definition) is 1. The molecule has 1 aliphatic rings. The van der Waals surface area contributed by atoms with Crippen molar-refractivity contribution in [2.24, 2.45) is 5.92 Å². The Morgan fingerprint density at radius 2 is 2.32 bits per heavy atom. The number of carbonyl (C=O) groups excluding carboxylic acids is 1. The van der Waals surface area contributed by atoms with E-state index >= 15 is 0 Å². The second-order valence-corrected chi connectivity index (χ2v) is 7.08. The Balaban J connectivity index is 1.71. The fourth-order valence-electron chi connectivity index (χ4n) is 2.82. The number of thiazole rings is 1. The van der Waals surface area contributed by atoms with Crippen LogP contribution >= 0.6 is 11.3 Å². The Hall–Kier alpha value is -1.62. The molecule has 3 rings (SSSR count). The minimum Gasteiger partial charge on any atom is -0.353 e. The van der Waals surface area contributed by atoms with Crippen molar-refractivity contribution in [3.05, 3.63) is 24.3 Å². The Kier molecular flexibility index (Phi) is 4.62. The van der Waals surface area contributed by atoms with Gasteiger partial charge < -0.3 is 10.2 Å². The lowest BCUT2D eigenvalue weighted by Gasteiger charge is -2.32. The van der Waals surface area contributed by atoms with Crippen LogP contribution in [0.4, 0.5) is 5.13 Å². The smallest absolute Gasteiger partial charge is 0.225 e. The predicted molar refractivity (Wildman–Crippen MR) is 92.5 cm³/mol. The Labute approximate surface area is 135 Å². The van der Waals surface area contributed by atoms with E-state index in [1.165, 1.54) is 4.70 Å². The van der Waals surface area contributed by atoms with Crippen LogP contribution in [0.5, 0.6) is 0 Å². The summed E-state index contributed by atoms with van der Waals surface area (Å²) in [6, 6.07) is 8.47. The van der Waals surface area contributed by atoms with Gasteiger partial charge in [-0.25, -0.2) is 4.98 Å². The minimum atomic E-state index is 0.0785. The fraction of sp³-hybridized carbons (Fsp3) is 0.529. The number of nitrogens with zero attached hydrogens (tertiary/aromatic N) is 2. The first-order valence-electron chi connectivity index (χ1n) is 8.08. The first kappa shape index (κ1) is 15.3. The third kappa shape index (κ3) is 3.24. The number of nitrogens with one attached hydrogen (secondary N) is 1. The summed E-state index contributed by atoms with van der Waals surface area (Å²) in [7, 11) is 0. The number of fused-ring (bicyclic) bond motifs is 1. The van der Waals surface area contributed by atoms with Crippen LogP contribution in [0, 0.1) is 5.92 Å². The maximum atomic E-state index is 12.4. The Morgan fingerprint density at radius 3 is 3.09 bits per heavy atom. The zero-order chi connectivity index (χ0) is 15.5. The van der Waals surface area contributed by atoms with Gasteiger partial charge in [0, 0.05) is 19.1 Å². The van der Waals surface area contributed by atoms with E-state index in [2.05, 4.69) is 30.1 Å². The summed E-state index contributed by atoms with van der Waals surface area (Å²) in [6.45, 7) is 5.93. The predicted octanol–water partition coefficient (Wildman–Crippen LogP) is 3.43. The molecule has 0 unspecified atom stereocenters. The van der Waals surface area contributed by atoms with Crippen molar-refractivity contribution in [3.8, 4) is 0 Å². The monoisotopic (exact) mass is 317 g/mol. The van der Waals surface area contributed by atoms with Gasteiger partial charge in [0.25, 0.3) is 0 Å². The molecule has 1 saturated heterocycles. The zero-order valence-electron chi connectivity index (χ0n) is 13.2. The number of carbonyl (C=O) groups is 1. The molecule has 1 aromatic heterocycles. The highest BCUT2D eigenvalue weighted by atomic mass is 32.1. The molecule has 0 bridgehead atoms. The van der Waals surface area contributed by atoms with Gasteiger partial charge in [-0.05, 0) is 38.3 Å². The molecule has 22 heavy (non-hydrogen) atoms. The molecular weight excluding hydrogens is 294 g/mol. The third-order valence-electron chi connectivity index (χ3n) is 4.35. The first-order valence-corrected chi connectivity index (χ1v) is 8.90. The highest BCUT2D eigenvalue weighted by Crippen LogP contribution is 2.31. The molecule has 2 heterocycles. The number of hydrogen-bond acceptors (Lipinski definition) is 4. The van der Waals surface area contributed by atoms with Crippen molar-refractivity contribution < 1.29 is 4.79 Å². The average molecular weight is 317 g/mol. The summed E-state index contributed by atoms with van der Waals surface area (Å²) >= 11 is 1.72. The van der Waals surface area contributed by atoms with Crippen LogP contribution in [0.25, 0.3) is 10.2 Å². The van der Waals surface area contributed by atoms with E-state index in [0.29, 0.717) is 0 Å². The van der Waals surface area contributed by atoms with Crippen molar-refractivity contribution in [1.82, 2.24) is 10.3 Å². The number of amides is 1. The van der Waals surface area contributed by atoms with Gasteiger partial charge in [-0.3, -0.25) is 4.79 Å². The van der Waals surface area contributed by atoms with E-state index < -0.39 is 0 Å². The molecule has 1 N–H and O–H groups in total. The summed E-state index contributed by atoms with van der Waals surface area (Å²) in [4.78, 5) is 19.4. The maximum Gasteiger partial charge on any atom is 0.225 e. The van der Waals surface area contributed by atoms with Crippen LogP contribution in [0.15, 0.2) is 24.3 Å². The molecule has 0 radical (unpaired) electrons. The molecule has 2 atom stereocenters. The van der Waals surface area contributed by atoms with Crippen LogP contribution in [0.3, 0.4) is 0 Å². The molecule has 2 aromatic rings. The Bertz CT molecular complexity index is 621. The normalized spacial score (nSPS) is 20.1. The molecule has 4 nitrogen and oxygen atoms in total. The van der Waals surface area contributed by atoms with Gasteiger partial charge in [-0.1, -0.05) is 30.4 Å². The van der Waals surface area contributed by atoms with Gasteiger partial charge in [0.1, 0.15) is 0 Å². The van der Waals surface area contributed by atoms with Crippen molar-refractivity contribution in [3.63, 3.8) is 0 Å². The van der Waals surface area contributed by atoms with Gasteiger partial charge >= 0.3 is 0 Å². The van der Waals surface area contributed by atoms with Gasteiger partial charge in [-0.15, -0.1) is 0 Å². The van der Waals surface area contributed by atoms with E-state index in [0.717, 1.165) is 43.0 Å². The molecule has 0 aliphatic carbocycles. The molecule has 1 aromatic carbocycles. The van der Waals surface area contributed by atoms with Crippen LogP contribution in [-0.4, -0.2) is 30.0 Å². The summed E-state index contributed by atoms with van der Waals surface area (Å²) in [5.74, 6) is 0.273. The van der Waals surface area contributed by atoms with E-state index in [4.69, 9.17) is 4.98 Å². The lowest BCUT2D eigenvalue weighted by atomic mass is 9.97. The lowest BCUT2D eigenvalue weighted by Crippen LogP contribution is -2.45. The third-order valence-corrected chi connectivity index (χ3v) is 5.44. The molecule has 0 spiro atoms. The van der Waals surface area contributed by atoms with Crippen molar-refractivity contribution in [2.45, 2.75) is 39.2 Å². The Morgan fingerprint density at radius 1 is 1.50 bits per heavy atom. The second kappa shape index (κ2) is 6.65. The SMILES string of the molecule is CC[C@H](C)NC(=O)[C@@H]1CCCN(c2nc3ccccc3s2)C1. The molecule has 1 fully saturated rings. The van der Waals surface area contributed by atoms with E-state index in [9.17, 15) is 4.79 Å². The van der Waals surface area contributed by atoms with E-state index in [1.54, 1.807) is 11.3 Å². The van der Waals surface area contributed by atoms with Crippen LogP contribution in [0.1, 0.15) is 33.1 Å². The second-order valence-electron chi connectivity index (χ2n) is 6.07. The number of anilines is 1. The lowest BCUT2D eigenvalue weighted by molar-refractivity contribution is -0.125. The topological polar surface area (TPSA) is 45.2 Å². The van der Waals surface area contributed by atoms with Crippen LogP contribution in [0.2, 0.25) is 0 Å². The number of benzene rings is 1. The molecule has 1 aliphatic heterocycles. The summed E-state index contributed by atoms with van der Waals surface area (Å²) < 4.78 is 1.21. The number of para-hydroxylation sites is 1. The van der Waals surface area contributed by atoms with Gasteiger partial charge in [-0.2, -0.15) is 0 Å². The van der Waals surface area contributed by atoms with Gasteiger partial charge in [0.15, 0.2) is 5.13 Å². The van der Waals surface area contributed by atoms with Crippen molar-refractivity contribution >= 4 is 32.6 Å². The molecule has 0 saturated carbocycles. The van der Waals surface area contributed by atoms with Crippen molar-refractivity contribution in [1.29, 1.82) is 0 Å².